The van der Waals surface area contributed by atoms with Gasteiger partial charge in [0, 0.05) is 7.11 Å². The van der Waals surface area contributed by atoms with Gasteiger partial charge in [-0.2, -0.15) is 0 Å². The van der Waals surface area contributed by atoms with E-state index in [2.05, 4.69) is 19.2 Å². The first-order chi connectivity index (χ1) is 7.66. The molecule has 0 aromatic carbocycles. The third kappa shape index (κ3) is 2.28. The molecule has 0 aromatic heterocycles. The van der Waals surface area contributed by atoms with Crippen molar-refractivity contribution in [3.63, 3.8) is 0 Å². The van der Waals surface area contributed by atoms with Crippen LogP contribution in [0, 0.1) is 17.3 Å². The van der Waals surface area contributed by atoms with Crippen LogP contribution in [0.1, 0.15) is 46.0 Å². The van der Waals surface area contributed by atoms with Crippen molar-refractivity contribution in [2.24, 2.45) is 17.3 Å². The summed E-state index contributed by atoms with van der Waals surface area (Å²) in [5, 5.41) is 3.52. The van der Waals surface area contributed by atoms with Crippen molar-refractivity contribution in [3.8, 4) is 0 Å². The van der Waals surface area contributed by atoms with E-state index in [0.717, 1.165) is 11.8 Å². The predicted octanol–water partition coefficient (Wildman–Crippen LogP) is 2.83. The minimum atomic E-state index is 0.526. The van der Waals surface area contributed by atoms with Gasteiger partial charge in [-0.15, -0.1) is 0 Å². The van der Waals surface area contributed by atoms with Crippen molar-refractivity contribution in [2.45, 2.75) is 52.1 Å². The summed E-state index contributed by atoms with van der Waals surface area (Å²) in [6.07, 6.45) is 7.21. The Labute approximate surface area is 100 Å². The van der Waals surface area contributed by atoms with E-state index in [4.69, 9.17) is 4.74 Å². The Morgan fingerprint density at radius 2 is 2.12 bits per heavy atom. The molecule has 16 heavy (non-hydrogen) atoms. The van der Waals surface area contributed by atoms with Crippen LogP contribution in [-0.2, 0) is 4.74 Å². The van der Waals surface area contributed by atoms with Crippen molar-refractivity contribution in [1.29, 1.82) is 0 Å². The molecule has 2 fully saturated rings. The number of ether oxygens (including phenoxy) is 1. The Morgan fingerprint density at radius 1 is 1.31 bits per heavy atom. The van der Waals surface area contributed by atoms with Gasteiger partial charge >= 0.3 is 0 Å². The van der Waals surface area contributed by atoms with Crippen molar-refractivity contribution < 1.29 is 4.74 Å². The summed E-state index contributed by atoms with van der Waals surface area (Å²) in [6.45, 7) is 7.34. The molecule has 2 aliphatic rings. The monoisotopic (exact) mass is 225 g/mol. The predicted molar refractivity (Wildman–Crippen MR) is 67.5 cm³/mol. The highest BCUT2D eigenvalue weighted by molar-refractivity contribution is 4.93. The first-order valence-corrected chi connectivity index (χ1v) is 6.90. The molecule has 0 bridgehead atoms. The smallest absolute Gasteiger partial charge is 0.0574 e. The molecule has 2 unspecified atom stereocenters. The molecular weight excluding hydrogens is 198 g/mol. The molecule has 94 valence electrons. The number of piperidine rings is 1. The summed E-state index contributed by atoms with van der Waals surface area (Å²) in [5.41, 5.74) is 0.544. The van der Waals surface area contributed by atoms with Gasteiger partial charge in [-0.25, -0.2) is 0 Å². The van der Waals surface area contributed by atoms with Crippen molar-refractivity contribution in [1.82, 2.24) is 5.32 Å². The third-order valence-electron chi connectivity index (χ3n) is 5.31. The molecule has 1 aliphatic carbocycles. The molecule has 1 heterocycles. The van der Waals surface area contributed by atoms with Gasteiger partial charge in [0.1, 0.15) is 0 Å². The normalized spacial score (nSPS) is 45.6. The lowest BCUT2D eigenvalue weighted by Crippen LogP contribution is -2.48. The van der Waals surface area contributed by atoms with Gasteiger partial charge in [-0.3, -0.25) is 0 Å². The first-order valence-electron chi connectivity index (χ1n) is 6.90. The summed E-state index contributed by atoms with van der Waals surface area (Å²) in [6, 6.07) is 0. The quantitative estimate of drug-likeness (QED) is 0.780. The van der Waals surface area contributed by atoms with E-state index in [-0.39, 0.29) is 0 Å². The van der Waals surface area contributed by atoms with Crippen molar-refractivity contribution in [2.75, 3.05) is 20.2 Å². The summed E-state index contributed by atoms with van der Waals surface area (Å²) < 4.78 is 5.58. The maximum atomic E-state index is 5.58. The molecule has 2 heteroatoms. The summed E-state index contributed by atoms with van der Waals surface area (Å²) in [7, 11) is 1.88. The maximum absolute atomic E-state index is 5.58. The number of nitrogens with one attached hydrogen (secondary N) is 1. The highest BCUT2D eigenvalue weighted by Crippen LogP contribution is 2.47. The van der Waals surface area contributed by atoms with Crippen LogP contribution in [0.15, 0.2) is 0 Å². The van der Waals surface area contributed by atoms with Crippen molar-refractivity contribution >= 4 is 0 Å². The molecule has 0 amide bonds. The summed E-state index contributed by atoms with van der Waals surface area (Å²) in [4.78, 5) is 0. The van der Waals surface area contributed by atoms with Gasteiger partial charge in [-0.05, 0) is 56.0 Å². The van der Waals surface area contributed by atoms with Gasteiger partial charge in [-0.1, -0.05) is 20.3 Å². The number of rotatable bonds is 2. The van der Waals surface area contributed by atoms with E-state index in [1.54, 1.807) is 0 Å². The van der Waals surface area contributed by atoms with Crippen LogP contribution in [0.25, 0.3) is 0 Å². The Kier molecular flexibility index (Phi) is 3.91. The topological polar surface area (TPSA) is 21.3 Å². The van der Waals surface area contributed by atoms with Crippen LogP contribution in [0.3, 0.4) is 0 Å². The molecule has 1 saturated carbocycles. The third-order valence-corrected chi connectivity index (χ3v) is 5.31. The fourth-order valence-corrected chi connectivity index (χ4v) is 3.72. The maximum Gasteiger partial charge on any atom is 0.0574 e. The number of hydrogen-bond donors (Lipinski definition) is 1. The van der Waals surface area contributed by atoms with E-state index in [1.165, 1.54) is 45.2 Å². The first kappa shape index (κ1) is 12.4. The fraction of sp³-hybridized carbons (Fsp3) is 1.00. The lowest BCUT2D eigenvalue weighted by molar-refractivity contribution is -0.0185. The number of methoxy groups -OCH3 is 1. The highest BCUT2D eigenvalue weighted by Gasteiger charge is 2.42. The van der Waals surface area contributed by atoms with Gasteiger partial charge in [0.25, 0.3) is 0 Å². The second-order valence-corrected chi connectivity index (χ2v) is 6.08. The Bertz CT molecular complexity index is 231. The molecule has 0 spiro atoms. The lowest BCUT2D eigenvalue weighted by Gasteiger charge is -2.48. The average molecular weight is 225 g/mol. The van der Waals surface area contributed by atoms with E-state index in [0.29, 0.717) is 11.5 Å². The highest BCUT2D eigenvalue weighted by atomic mass is 16.5. The van der Waals surface area contributed by atoms with Crippen molar-refractivity contribution in [3.05, 3.63) is 0 Å². The standard InChI is InChI=1S/C14H27NO/c1-11-10-15-8-7-14(11,2)12-5-4-6-13(9-12)16-3/h11-13,15H,4-10H2,1-3H3/t11-,12?,13?,14+/m0/s1. The van der Waals surface area contributed by atoms with Crippen LogP contribution in [0.4, 0.5) is 0 Å². The molecule has 1 aliphatic heterocycles. The van der Waals surface area contributed by atoms with Gasteiger partial charge in [0.2, 0.25) is 0 Å². The van der Waals surface area contributed by atoms with Gasteiger partial charge in [0.15, 0.2) is 0 Å². The average Bonchev–Trinajstić information content (AvgIpc) is 2.33. The lowest BCUT2D eigenvalue weighted by atomic mass is 9.60. The largest absolute Gasteiger partial charge is 0.381 e. The van der Waals surface area contributed by atoms with E-state index in [1.807, 2.05) is 7.11 Å². The Balaban J connectivity index is 2.03. The van der Waals surface area contributed by atoms with Gasteiger partial charge < -0.3 is 10.1 Å². The molecule has 4 atom stereocenters. The van der Waals surface area contributed by atoms with Crippen LogP contribution in [0.2, 0.25) is 0 Å². The minimum Gasteiger partial charge on any atom is -0.381 e. The summed E-state index contributed by atoms with van der Waals surface area (Å²) >= 11 is 0. The summed E-state index contributed by atoms with van der Waals surface area (Å²) in [5.74, 6) is 1.69. The second-order valence-electron chi connectivity index (χ2n) is 6.08. The Hall–Kier alpha value is -0.0800. The van der Waals surface area contributed by atoms with Crippen LogP contribution >= 0.6 is 0 Å². The van der Waals surface area contributed by atoms with E-state index in [9.17, 15) is 0 Å². The Morgan fingerprint density at radius 3 is 2.81 bits per heavy atom. The molecule has 2 nitrogen and oxygen atoms in total. The zero-order valence-electron chi connectivity index (χ0n) is 11.1. The molecule has 0 aromatic rings. The zero-order valence-corrected chi connectivity index (χ0v) is 11.1. The number of hydrogen-bond acceptors (Lipinski definition) is 2. The minimum absolute atomic E-state index is 0.526. The van der Waals surface area contributed by atoms with Crippen LogP contribution < -0.4 is 5.32 Å². The van der Waals surface area contributed by atoms with Gasteiger partial charge in [0.05, 0.1) is 6.10 Å². The van der Waals surface area contributed by atoms with E-state index >= 15 is 0 Å². The molecule has 1 N–H and O–H groups in total. The van der Waals surface area contributed by atoms with Crippen LogP contribution in [0.5, 0.6) is 0 Å². The fourth-order valence-electron chi connectivity index (χ4n) is 3.72. The zero-order chi connectivity index (χ0) is 11.6. The molecule has 0 radical (unpaired) electrons. The molecular formula is C14H27NO. The molecule has 2 rings (SSSR count). The SMILES string of the molecule is COC1CCCC([C@]2(C)CCNC[C@@H]2C)C1. The van der Waals surface area contributed by atoms with Crippen LogP contribution in [-0.4, -0.2) is 26.3 Å². The molecule has 1 saturated heterocycles. The second kappa shape index (κ2) is 5.05. The van der Waals surface area contributed by atoms with E-state index < -0.39 is 0 Å².